The normalized spacial score (nSPS) is 34.4. The lowest BCUT2D eigenvalue weighted by molar-refractivity contribution is -0.191. The Kier molecular flexibility index (Phi) is 6.58. The first-order valence-corrected chi connectivity index (χ1v) is 13.3. The van der Waals surface area contributed by atoms with Crippen molar-refractivity contribution in [1.82, 2.24) is 0 Å². The molecule has 2 heterocycles. The number of fused-ring (bicyclic) bond motifs is 1. The molecule has 6 nitrogen and oxygen atoms in total. The van der Waals surface area contributed by atoms with E-state index in [1.807, 2.05) is 20.1 Å². The number of esters is 1. The summed E-state index contributed by atoms with van der Waals surface area (Å²) in [5.41, 5.74) is -0.314. The van der Waals surface area contributed by atoms with Gasteiger partial charge in [0.05, 0.1) is 6.61 Å². The van der Waals surface area contributed by atoms with E-state index in [2.05, 4.69) is 33.9 Å². The monoisotopic (exact) mass is 406 g/mol. The molecule has 2 aliphatic heterocycles. The van der Waals surface area contributed by atoms with Gasteiger partial charge in [-0.15, -0.1) is 11.8 Å². The second-order valence-corrected chi connectivity index (χ2v) is 14.7. The summed E-state index contributed by atoms with van der Waals surface area (Å²) in [5, 5.41) is 0.118. The zero-order valence-electron chi connectivity index (χ0n) is 17.5. The first-order chi connectivity index (χ1) is 11.8. The summed E-state index contributed by atoms with van der Waals surface area (Å²) in [7, 11) is -1.91. The molecule has 0 radical (unpaired) electrons. The average Bonchev–Trinajstić information content (AvgIpc) is 2.80. The van der Waals surface area contributed by atoms with Crippen LogP contribution in [0, 0.1) is 0 Å². The summed E-state index contributed by atoms with van der Waals surface area (Å²) in [6, 6.07) is 0. The van der Waals surface area contributed by atoms with E-state index in [1.54, 1.807) is 0 Å². The van der Waals surface area contributed by atoms with Gasteiger partial charge in [-0.25, -0.2) is 0 Å². The fourth-order valence-corrected chi connectivity index (χ4v) is 4.73. The van der Waals surface area contributed by atoms with Crippen molar-refractivity contribution in [1.29, 1.82) is 0 Å². The number of ether oxygens (including phenoxy) is 4. The van der Waals surface area contributed by atoms with Crippen LogP contribution in [0.4, 0.5) is 0 Å². The van der Waals surface area contributed by atoms with Gasteiger partial charge in [-0.05, 0) is 38.2 Å². The highest BCUT2D eigenvalue weighted by molar-refractivity contribution is 7.99. The van der Waals surface area contributed by atoms with Gasteiger partial charge in [-0.1, -0.05) is 20.8 Å². The topological polar surface area (TPSA) is 63.2 Å². The van der Waals surface area contributed by atoms with Crippen LogP contribution in [0.25, 0.3) is 0 Å². The lowest BCUT2D eigenvalue weighted by Gasteiger charge is -2.43. The van der Waals surface area contributed by atoms with Gasteiger partial charge in [0.15, 0.2) is 20.2 Å². The molecule has 0 aliphatic carbocycles. The zero-order chi connectivity index (χ0) is 19.9. The maximum absolute atomic E-state index is 11.6. The highest BCUT2D eigenvalue weighted by Gasteiger charge is 2.56. The average molecular weight is 407 g/mol. The molecule has 2 rings (SSSR count). The van der Waals surface area contributed by atoms with E-state index in [4.69, 9.17) is 23.4 Å². The minimum atomic E-state index is -1.91. The molecule has 0 aromatic rings. The number of rotatable bonds is 5. The van der Waals surface area contributed by atoms with Crippen LogP contribution in [0.15, 0.2) is 0 Å². The summed E-state index contributed by atoms with van der Waals surface area (Å²) in [4.78, 5) is 11.6. The third kappa shape index (κ3) is 4.83. The van der Waals surface area contributed by atoms with Crippen molar-refractivity contribution in [3.8, 4) is 0 Å². The van der Waals surface area contributed by atoms with Crippen LogP contribution in [0.5, 0.6) is 0 Å². The van der Waals surface area contributed by atoms with Crippen molar-refractivity contribution in [2.45, 2.75) is 95.3 Å². The van der Waals surface area contributed by atoms with Gasteiger partial charge >= 0.3 is 5.97 Å². The molecule has 0 aromatic carbocycles. The number of carbonyl (C=O) groups excluding carboxylic acids is 1. The summed E-state index contributed by atoms with van der Waals surface area (Å²) in [6.07, 6.45) is 0.475. The van der Waals surface area contributed by atoms with Crippen LogP contribution in [0.3, 0.4) is 0 Å². The first-order valence-electron chi connectivity index (χ1n) is 9.12. The van der Waals surface area contributed by atoms with E-state index in [9.17, 15) is 4.79 Å². The van der Waals surface area contributed by atoms with Gasteiger partial charge in [0.25, 0.3) is 0 Å². The molecule has 8 heteroatoms. The predicted octanol–water partition coefficient (Wildman–Crippen LogP) is 3.55. The number of hydrogen-bond acceptors (Lipinski definition) is 7. The van der Waals surface area contributed by atoms with Crippen molar-refractivity contribution >= 4 is 26.0 Å². The Morgan fingerprint density at radius 1 is 1.19 bits per heavy atom. The number of hydrogen-bond donors (Lipinski definition) is 0. The smallest absolute Gasteiger partial charge is 0.303 e. The fraction of sp³-hybridized carbons (Fsp3) is 0.944. The molecule has 0 aromatic heterocycles. The highest BCUT2D eigenvalue weighted by Crippen LogP contribution is 2.42. The summed E-state index contributed by atoms with van der Waals surface area (Å²) in [6.45, 7) is 16.7. The second-order valence-electron chi connectivity index (χ2n) is 8.99. The molecular formula is C18H34O6SSi. The van der Waals surface area contributed by atoms with E-state index in [0.717, 1.165) is 0 Å². The molecule has 26 heavy (non-hydrogen) atoms. The Labute approximate surface area is 162 Å². The van der Waals surface area contributed by atoms with Crippen LogP contribution < -0.4 is 0 Å². The molecule has 0 amide bonds. The molecule has 0 N–H and O–H groups in total. The molecule has 2 aliphatic rings. The minimum absolute atomic E-state index is 0.118. The largest absolute Gasteiger partial charge is 0.456 e. The van der Waals surface area contributed by atoms with E-state index in [0.29, 0.717) is 6.61 Å². The Morgan fingerprint density at radius 3 is 2.27 bits per heavy atom. The van der Waals surface area contributed by atoms with Gasteiger partial charge < -0.3 is 23.4 Å². The quantitative estimate of drug-likeness (QED) is 0.511. The Hall–Kier alpha value is -0.123. The highest BCUT2D eigenvalue weighted by atomic mass is 32.2. The summed E-state index contributed by atoms with van der Waals surface area (Å²) >= 11 is 1.51. The van der Waals surface area contributed by atoms with Crippen LogP contribution in [0.1, 0.15) is 41.5 Å². The molecule has 2 saturated heterocycles. The van der Waals surface area contributed by atoms with Crippen molar-refractivity contribution < 1.29 is 28.2 Å². The van der Waals surface area contributed by atoms with Gasteiger partial charge in [0.2, 0.25) is 0 Å². The number of thioether (sulfide) groups is 1. The Bertz CT molecular complexity index is 518. The van der Waals surface area contributed by atoms with Crippen LogP contribution in [-0.2, 0) is 28.2 Å². The lowest BCUT2D eigenvalue weighted by atomic mass is 10.0. The van der Waals surface area contributed by atoms with E-state index >= 15 is 0 Å². The van der Waals surface area contributed by atoms with Crippen molar-refractivity contribution in [2.75, 3.05) is 12.9 Å². The van der Waals surface area contributed by atoms with Gasteiger partial charge in [-0.2, -0.15) is 0 Å². The third-order valence-corrected chi connectivity index (χ3v) is 10.7. The van der Waals surface area contributed by atoms with Gasteiger partial charge in [0.1, 0.15) is 23.7 Å². The second kappa shape index (κ2) is 7.71. The third-order valence-electron chi connectivity index (χ3n) is 5.38. The van der Waals surface area contributed by atoms with E-state index in [-0.39, 0.29) is 34.8 Å². The van der Waals surface area contributed by atoms with Crippen LogP contribution >= 0.6 is 11.8 Å². The van der Waals surface area contributed by atoms with Crippen LogP contribution in [0.2, 0.25) is 18.1 Å². The molecule has 0 saturated carbocycles. The summed E-state index contributed by atoms with van der Waals surface area (Å²) < 4.78 is 30.3. The van der Waals surface area contributed by atoms with E-state index < -0.39 is 20.2 Å². The molecule has 2 fully saturated rings. The fourth-order valence-electron chi connectivity index (χ4n) is 2.99. The molecule has 5 atom stereocenters. The SMILES string of the molecule is CS[C@@H]1O[C@H](CO[Si](C)(C)C(C)(C)C)[C@@H]2OC(C)(C)O[C@@H]2[C@H]1OC(C)=O. The van der Waals surface area contributed by atoms with Gasteiger partial charge in [-0.3, -0.25) is 4.79 Å². The van der Waals surface area contributed by atoms with Crippen molar-refractivity contribution in [3.05, 3.63) is 0 Å². The molecule has 0 unspecified atom stereocenters. The first kappa shape index (κ1) is 22.2. The van der Waals surface area contributed by atoms with Crippen molar-refractivity contribution in [2.24, 2.45) is 0 Å². The maximum Gasteiger partial charge on any atom is 0.303 e. The zero-order valence-corrected chi connectivity index (χ0v) is 19.3. The Morgan fingerprint density at radius 2 is 1.77 bits per heavy atom. The molecule has 0 spiro atoms. The number of carbonyl (C=O) groups is 1. The Balaban J connectivity index is 2.19. The molecule has 152 valence electrons. The van der Waals surface area contributed by atoms with Crippen molar-refractivity contribution in [3.63, 3.8) is 0 Å². The lowest BCUT2D eigenvalue weighted by Crippen LogP contribution is -2.58. The summed E-state index contributed by atoms with van der Waals surface area (Å²) in [5.74, 6) is -1.10. The minimum Gasteiger partial charge on any atom is -0.456 e. The van der Waals surface area contributed by atoms with E-state index in [1.165, 1.54) is 18.7 Å². The standard InChI is InChI=1S/C18H34O6SSi/c1-11(19)21-15-14-13(23-18(5,6)24-14)12(22-16(15)25-7)10-20-26(8,9)17(2,3)4/h12-16H,10H2,1-9H3/t12-,13+,14+,15-,16+/m1/s1. The van der Waals surface area contributed by atoms with Crippen LogP contribution in [-0.4, -0.2) is 62.8 Å². The molecule has 0 bridgehead atoms. The molecular weight excluding hydrogens is 372 g/mol. The predicted molar refractivity (Wildman–Crippen MR) is 105 cm³/mol. The van der Waals surface area contributed by atoms with Gasteiger partial charge in [0, 0.05) is 6.92 Å². The maximum atomic E-state index is 11.6.